The molecule has 160 valence electrons. The Bertz CT molecular complexity index is 1120. The summed E-state index contributed by atoms with van der Waals surface area (Å²) in [6.07, 6.45) is 0. The predicted octanol–water partition coefficient (Wildman–Crippen LogP) is 5.69. The zero-order chi connectivity index (χ0) is 22.5. The molecule has 0 heterocycles. The summed E-state index contributed by atoms with van der Waals surface area (Å²) < 4.78 is 41.1. The Labute approximate surface area is 186 Å². The lowest BCUT2D eigenvalue weighted by molar-refractivity contribution is -0.117. The summed E-state index contributed by atoms with van der Waals surface area (Å²) in [6, 6.07) is 13.1. The van der Waals surface area contributed by atoms with Gasteiger partial charge in [0.15, 0.2) is 11.6 Å². The maximum absolute atomic E-state index is 14.2. The average Bonchev–Trinajstić information content (AvgIpc) is 2.73. The molecule has 31 heavy (non-hydrogen) atoms. The zero-order valence-electron chi connectivity index (χ0n) is 15.8. The third-order valence-corrected chi connectivity index (χ3v) is 4.85. The van der Waals surface area contributed by atoms with Gasteiger partial charge in [0.1, 0.15) is 12.4 Å². The highest BCUT2D eigenvalue weighted by Crippen LogP contribution is 2.20. The summed E-state index contributed by atoms with van der Waals surface area (Å²) in [5.41, 5.74) is 0.325. The Morgan fingerprint density at radius 3 is 2.29 bits per heavy atom. The van der Waals surface area contributed by atoms with Gasteiger partial charge in [-0.05, 0) is 48.5 Å². The first-order valence-electron chi connectivity index (χ1n) is 8.97. The second-order valence-corrected chi connectivity index (χ2v) is 7.40. The van der Waals surface area contributed by atoms with Crippen LogP contribution in [-0.4, -0.2) is 23.3 Å². The van der Waals surface area contributed by atoms with Crippen molar-refractivity contribution in [1.29, 1.82) is 0 Å². The van der Waals surface area contributed by atoms with Crippen LogP contribution >= 0.6 is 23.2 Å². The first kappa shape index (κ1) is 22.7. The van der Waals surface area contributed by atoms with Crippen molar-refractivity contribution in [3.05, 3.63) is 99.3 Å². The fraction of sp³-hybridized carbons (Fsp3) is 0.0909. The van der Waals surface area contributed by atoms with Crippen LogP contribution in [0.15, 0.2) is 60.7 Å². The fourth-order valence-electron chi connectivity index (χ4n) is 2.80. The van der Waals surface area contributed by atoms with Gasteiger partial charge in [0.2, 0.25) is 5.91 Å². The number of carbonyl (C=O) groups excluding carboxylic acids is 2. The summed E-state index contributed by atoms with van der Waals surface area (Å²) in [5.74, 6) is -4.06. The van der Waals surface area contributed by atoms with Gasteiger partial charge in [-0.15, -0.1) is 0 Å². The van der Waals surface area contributed by atoms with E-state index in [2.05, 4.69) is 5.32 Å². The number of nitrogens with zero attached hydrogens (tertiary/aromatic N) is 1. The topological polar surface area (TPSA) is 49.4 Å². The number of carbonyl (C=O) groups is 2. The van der Waals surface area contributed by atoms with Gasteiger partial charge in [-0.25, -0.2) is 13.2 Å². The number of nitrogens with one attached hydrogen (secondary N) is 1. The van der Waals surface area contributed by atoms with Crippen LogP contribution in [0.25, 0.3) is 0 Å². The summed E-state index contributed by atoms with van der Waals surface area (Å²) >= 11 is 11.6. The molecular weight excluding hydrogens is 452 g/mol. The Kier molecular flexibility index (Phi) is 7.20. The highest BCUT2D eigenvalue weighted by Gasteiger charge is 2.22. The first-order chi connectivity index (χ1) is 14.7. The molecular formula is C22H15Cl2F3N2O2. The second kappa shape index (κ2) is 9.85. The molecule has 0 aromatic heterocycles. The van der Waals surface area contributed by atoms with Crippen LogP contribution in [0.3, 0.4) is 0 Å². The van der Waals surface area contributed by atoms with Gasteiger partial charge in [-0.3, -0.25) is 9.59 Å². The van der Waals surface area contributed by atoms with Crippen LogP contribution < -0.4 is 5.32 Å². The summed E-state index contributed by atoms with van der Waals surface area (Å²) in [5, 5.41) is 2.72. The van der Waals surface area contributed by atoms with Gasteiger partial charge in [0, 0.05) is 28.4 Å². The number of rotatable bonds is 6. The van der Waals surface area contributed by atoms with Crippen molar-refractivity contribution in [1.82, 2.24) is 4.90 Å². The van der Waals surface area contributed by atoms with Gasteiger partial charge < -0.3 is 10.2 Å². The third-order valence-electron chi connectivity index (χ3n) is 4.31. The molecule has 0 aliphatic rings. The molecule has 9 heteroatoms. The summed E-state index contributed by atoms with van der Waals surface area (Å²) in [7, 11) is 0. The van der Waals surface area contributed by atoms with E-state index in [-0.39, 0.29) is 28.4 Å². The molecule has 0 aliphatic carbocycles. The van der Waals surface area contributed by atoms with E-state index in [1.54, 1.807) is 0 Å². The SMILES string of the molecule is O=C(CN(Cc1cccc(F)c1F)C(=O)c1ccc(Cl)cc1)Nc1ccc(F)c(Cl)c1. The van der Waals surface area contributed by atoms with Crippen LogP contribution in [0.2, 0.25) is 10.0 Å². The minimum absolute atomic E-state index is 0.0973. The molecule has 1 N–H and O–H groups in total. The predicted molar refractivity (Wildman–Crippen MR) is 113 cm³/mol. The number of amides is 2. The largest absolute Gasteiger partial charge is 0.325 e. The van der Waals surface area contributed by atoms with Gasteiger partial charge in [0.25, 0.3) is 5.91 Å². The summed E-state index contributed by atoms with van der Waals surface area (Å²) in [6.45, 7) is -0.838. The standard InChI is InChI=1S/C22H15Cl2F3N2O2/c23-15-6-4-13(5-7-15)22(31)29(11-14-2-1-3-19(26)21(14)27)12-20(30)28-16-8-9-18(25)17(24)10-16/h1-10H,11-12H2,(H,28,30). The van der Waals surface area contributed by atoms with Crippen molar-refractivity contribution in [2.24, 2.45) is 0 Å². The van der Waals surface area contributed by atoms with Crippen molar-refractivity contribution >= 4 is 40.7 Å². The highest BCUT2D eigenvalue weighted by molar-refractivity contribution is 6.31. The van der Waals surface area contributed by atoms with Gasteiger partial charge in [0.05, 0.1) is 5.02 Å². The lowest BCUT2D eigenvalue weighted by atomic mass is 10.1. The Morgan fingerprint density at radius 1 is 0.903 bits per heavy atom. The van der Waals surface area contributed by atoms with Crippen molar-refractivity contribution in [3.63, 3.8) is 0 Å². The molecule has 0 fully saturated rings. The smallest absolute Gasteiger partial charge is 0.254 e. The van der Waals surface area contributed by atoms with Crippen LogP contribution in [0.4, 0.5) is 18.9 Å². The lowest BCUT2D eigenvalue weighted by Gasteiger charge is -2.23. The second-order valence-electron chi connectivity index (χ2n) is 6.56. The number of hydrogen-bond donors (Lipinski definition) is 1. The van der Waals surface area contributed by atoms with Crippen molar-refractivity contribution < 1.29 is 22.8 Å². The number of hydrogen-bond acceptors (Lipinski definition) is 2. The van der Waals surface area contributed by atoms with E-state index in [1.165, 1.54) is 48.5 Å². The molecule has 0 bridgehead atoms. The van der Waals surface area contributed by atoms with Gasteiger partial charge in [-0.2, -0.15) is 0 Å². The van der Waals surface area contributed by atoms with Crippen LogP contribution in [0.5, 0.6) is 0 Å². The van der Waals surface area contributed by atoms with Gasteiger partial charge in [-0.1, -0.05) is 35.3 Å². The Balaban J connectivity index is 1.84. The molecule has 0 aliphatic heterocycles. The quantitative estimate of drug-likeness (QED) is 0.507. The van der Waals surface area contributed by atoms with E-state index in [4.69, 9.17) is 23.2 Å². The van der Waals surface area contributed by atoms with Crippen LogP contribution in [-0.2, 0) is 11.3 Å². The monoisotopic (exact) mass is 466 g/mol. The van der Waals surface area contributed by atoms with Crippen molar-refractivity contribution in [2.75, 3.05) is 11.9 Å². The molecule has 3 aromatic carbocycles. The Hall–Kier alpha value is -3.03. The molecule has 0 saturated heterocycles. The number of halogens is 5. The van der Waals surface area contributed by atoms with Crippen molar-refractivity contribution in [3.8, 4) is 0 Å². The maximum Gasteiger partial charge on any atom is 0.254 e. The molecule has 4 nitrogen and oxygen atoms in total. The van der Waals surface area contributed by atoms with E-state index in [0.717, 1.165) is 17.0 Å². The molecule has 0 saturated carbocycles. The minimum Gasteiger partial charge on any atom is -0.325 e. The van der Waals surface area contributed by atoms with Crippen LogP contribution in [0, 0.1) is 17.5 Å². The van der Waals surface area contributed by atoms with Gasteiger partial charge >= 0.3 is 0 Å². The van der Waals surface area contributed by atoms with E-state index in [1.807, 2.05) is 0 Å². The molecule has 0 radical (unpaired) electrons. The molecule has 2 amide bonds. The normalized spacial score (nSPS) is 10.6. The van der Waals surface area contributed by atoms with E-state index < -0.39 is 35.8 Å². The zero-order valence-corrected chi connectivity index (χ0v) is 17.4. The number of anilines is 1. The first-order valence-corrected chi connectivity index (χ1v) is 9.73. The van der Waals surface area contributed by atoms with E-state index in [9.17, 15) is 22.8 Å². The summed E-state index contributed by atoms with van der Waals surface area (Å²) in [4.78, 5) is 26.5. The van der Waals surface area contributed by atoms with Crippen molar-refractivity contribution in [2.45, 2.75) is 6.54 Å². The molecule has 0 spiro atoms. The maximum atomic E-state index is 14.2. The fourth-order valence-corrected chi connectivity index (χ4v) is 3.11. The van der Waals surface area contributed by atoms with E-state index in [0.29, 0.717) is 5.02 Å². The highest BCUT2D eigenvalue weighted by atomic mass is 35.5. The molecule has 0 atom stereocenters. The molecule has 3 rings (SSSR count). The molecule has 3 aromatic rings. The van der Waals surface area contributed by atoms with E-state index >= 15 is 0 Å². The average molecular weight is 467 g/mol. The Morgan fingerprint density at radius 2 is 1.61 bits per heavy atom. The minimum atomic E-state index is -1.11. The third kappa shape index (κ3) is 5.77. The molecule has 0 unspecified atom stereocenters. The van der Waals surface area contributed by atoms with Crippen LogP contribution in [0.1, 0.15) is 15.9 Å². The lowest BCUT2D eigenvalue weighted by Crippen LogP contribution is -2.37. The number of benzene rings is 3.